The van der Waals surface area contributed by atoms with Gasteiger partial charge in [-0.1, -0.05) is 17.7 Å². The second-order valence-electron chi connectivity index (χ2n) is 4.32. The summed E-state index contributed by atoms with van der Waals surface area (Å²) in [5, 5.41) is 0.657. The van der Waals surface area contributed by atoms with E-state index in [-0.39, 0.29) is 5.54 Å². The normalized spacial score (nSPS) is 18.4. The molecule has 1 aliphatic rings. The van der Waals surface area contributed by atoms with Crippen LogP contribution in [0.15, 0.2) is 12.1 Å². The highest BCUT2D eigenvalue weighted by Crippen LogP contribution is 2.42. The Kier molecular flexibility index (Phi) is 2.65. The average Bonchev–Trinajstić information content (AvgIpc) is 2.13. The van der Waals surface area contributed by atoms with E-state index in [2.05, 4.69) is 6.07 Å². The lowest BCUT2D eigenvalue weighted by molar-refractivity contribution is 0.253. The van der Waals surface area contributed by atoms with E-state index in [1.54, 1.807) is 7.11 Å². The summed E-state index contributed by atoms with van der Waals surface area (Å²) in [4.78, 5) is 0. The molecule has 2 nitrogen and oxygen atoms in total. The van der Waals surface area contributed by atoms with E-state index in [1.165, 1.54) is 6.42 Å². The van der Waals surface area contributed by atoms with Gasteiger partial charge in [-0.25, -0.2) is 0 Å². The maximum Gasteiger partial charge on any atom is 0.140 e. The van der Waals surface area contributed by atoms with Crippen molar-refractivity contribution in [1.29, 1.82) is 0 Å². The van der Waals surface area contributed by atoms with Crippen molar-refractivity contribution < 1.29 is 4.74 Å². The predicted octanol–water partition coefficient (Wildman–Crippen LogP) is 2.99. The smallest absolute Gasteiger partial charge is 0.140 e. The minimum absolute atomic E-state index is 0.152. The SMILES string of the molecule is COc1c(C)cc(C2(N)CCC2)cc1Cl. The highest BCUT2D eigenvalue weighted by molar-refractivity contribution is 6.32. The van der Waals surface area contributed by atoms with Crippen molar-refractivity contribution in [2.45, 2.75) is 31.7 Å². The Morgan fingerprint density at radius 3 is 2.47 bits per heavy atom. The predicted molar refractivity (Wildman–Crippen MR) is 62.5 cm³/mol. The van der Waals surface area contributed by atoms with E-state index < -0.39 is 0 Å². The van der Waals surface area contributed by atoms with Gasteiger partial charge in [0.15, 0.2) is 0 Å². The third-order valence-electron chi connectivity index (χ3n) is 3.25. The van der Waals surface area contributed by atoms with Gasteiger partial charge in [-0.15, -0.1) is 0 Å². The monoisotopic (exact) mass is 225 g/mol. The van der Waals surface area contributed by atoms with Crippen LogP contribution >= 0.6 is 11.6 Å². The number of benzene rings is 1. The van der Waals surface area contributed by atoms with Crippen LogP contribution in [0.5, 0.6) is 5.75 Å². The van der Waals surface area contributed by atoms with Gasteiger partial charge in [-0.05, 0) is 43.4 Å². The van der Waals surface area contributed by atoms with Crippen LogP contribution in [-0.2, 0) is 5.54 Å². The van der Waals surface area contributed by atoms with Gasteiger partial charge in [-0.3, -0.25) is 0 Å². The standard InChI is InChI=1S/C12H16ClNO/c1-8-6-9(12(14)4-3-5-12)7-10(13)11(8)15-2/h6-7H,3-5,14H2,1-2H3. The molecule has 0 unspecified atom stereocenters. The molecule has 0 bridgehead atoms. The minimum Gasteiger partial charge on any atom is -0.495 e. The highest BCUT2D eigenvalue weighted by Gasteiger charge is 2.34. The molecule has 0 spiro atoms. The maximum absolute atomic E-state index is 6.25. The van der Waals surface area contributed by atoms with Gasteiger partial charge in [0, 0.05) is 5.54 Å². The number of hydrogen-bond acceptors (Lipinski definition) is 2. The summed E-state index contributed by atoms with van der Waals surface area (Å²) in [7, 11) is 1.63. The zero-order valence-electron chi connectivity index (χ0n) is 9.14. The largest absolute Gasteiger partial charge is 0.495 e. The molecule has 1 aromatic carbocycles. The molecule has 1 fully saturated rings. The Bertz CT molecular complexity index is 362. The Hall–Kier alpha value is -0.730. The summed E-state index contributed by atoms with van der Waals surface area (Å²) >= 11 is 6.14. The van der Waals surface area contributed by atoms with Crippen molar-refractivity contribution in [3.8, 4) is 5.75 Å². The van der Waals surface area contributed by atoms with Gasteiger partial charge in [0.2, 0.25) is 0 Å². The first kappa shape index (κ1) is 10.8. The van der Waals surface area contributed by atoms with E-state index in [9.17, 15) is 0 Å². The third kappa shape index (κ3) is 1.72. The van der Waals surface area contributed by atoms with Gasteiger partial charge >= 0.3 is 0 Å². The molecule has 0 atom stereocenters. The number of methoxy groups -OCH3 is 1. The molecule has 1 aliphatic carbocycles. The van der Waals surface area contributed by atoms with Crippen LogP contribution in [0, 0.1) is 6.92 Å². The molecule has 82 valence electrons. The fourth-order valence-corrected chi connectivity index (χ4v) is 2.47. The van der Waals surface area contributed by atoms with E-state index >= 15 is 0 Å². The van der Waals surface area contributed by atoms with Crippen molar-refractivity contribution in [3.05, 3.63) is 28.3 Å². The van der Waals surface area contributed by atoms with Crippen LogP contribution in [0.3, 0.4) is 0 Å². The van der Waals surface area contributed by atoms with Crippen molar-refractivity contribution >= 4 is 11.6 Å². The lowest BCUT2D eigenvalue weighted by Gasteiger charge is -2.39. The molecule has 2 N–H and O–H groups in total. The molecule has 3 heteroatoms. The summed E-state index contributed by atoms with van der Waals surface area (Å²) in [5.41, 5.74) is 8.29. The van der Waals surface area contributed by atoms with Crippen LogP contribution in [0.1, 0.15) is 30.4 Å². The van der Waals surface area contributed by atoms with Gasteiger partial charge in [0.05, 0.1) is 12.1 Å². The van der Waals surface area contributed by atoms with E-state index in [1.807, 2.05) is 13.0 Å². The molecule has 1 aromatic rings. The van der Waals surface area contributed by atoms with E-state index in [0.29, 0.717) is 5.02 Å². The number of nitrogens with two attached hydrogens (primary N) is 1. The van der Waals surface area contributed by atoms with Crippen LogP contribution < -0.4 is 10.5 Å². The fraction of sp³-hybridized carbons (Fsp3) is 0.500. The van der Waals surface area contributed by atoms with Gasteiger partial charge in [-0.2, -0.15) is 0 Å². The zero-order chi connectivity index (χ0) is 11.1. The van der Waals surface area contributed by atoms with Crippen LogP contribution in [0.25, 0.3) is 0 Å². The van der Waals surface area contributed by atoms with Crippen molar-refractivity contribution in [2.24, 2.45) is 5.73 Å². The molecule has 1 saturated carbocycles. The molecule has 0 saturated heterocycles. The molecule has 0 amide bonds. The van der Waals surface area contributed by atoms with Crippen LogP contribution in [-0.4, -0.2) is 7.11 Å². The number of aryl methyl sites for hydroxylation is 1. The van der Waals surface area contributed by atoms with Crippen molar-refractivity contribution in [3.63, 3.8) is 0 Å². The summed E-state index contributed by atoms with van der Waals surface area (Å²) in [6, 6.07) is 4.02. The van der Waals surface area contributed by atoms with Crippen molar-refractivity contribution in [1.82, 2.24) is 0 Å². The molecule has 0 aromatic heterocycles. The maximum atomic E-state index is 6.25. The molecule has 15 heavy (non-hydrogen) atoms. The molecular weight excluding hydrogens is 210 g/mol. The first-order chi connectivity index (χ1) is 7.07. The first-order valence-corrected chi connectivity index (χ1v) is 5.58. The van der Waals surface area contributed by atoms with Gasteiger partial charge in [0.25, 0.3) is 0 Å². The molecule has 2 rings (SSSR count). The summed E-state index contributed by atoms with van der Waals surface area (Å²) in [5.74, 6) is 0.753. The number of hydrogen-bond donors (Lipinski definition) is 1. The fourth-order valence-electron chi connectivity index (χ4n) is 2.12. The number of ether oxygens (including phenoxy) is 1. The Morgan fingerprint density at radius 1 is 1.40 bits per heavy atom. The minimum atomic E-state index is -0.152. The summed E-state index contributed by atoms with van der Waals surface area (Å²) < 4.78 is 5.22. The quantitative estimate of drug-likeness (QED) is 0.840. The second-order valence-corrected chi connectivity index (χ2v) is 4.73. The lowest BCUT2D eigenvalue weighted by Crippen LogP contribution is -2.43. The Morgan fingerprint density at radius 2 is 2.07 bits per heavy atom. The molecule has 0 aliphatic heterocycles. The molecular formula is C12H16ClNO. The zero-order valence-corrected chi connectivity index (χ0v) is 9.90. The first-order valence-electron chi connectivity index (χ1n) is 5.20. The van der Waals surface area contributed by atoms with Crippen LogP contribution in [0.4, 0.5) is 0 Å². The highest BCUT2D eigenvalue weighted by atomic mass is 35.5. The summed E-state index contributed by atoms with van der Waals surface area (Å²) in [6.07, 6.45) is 3.31. The average molecular weight is 226 g/mol. The molecule has 0 heterocycles. The van der Waals surface area contributed by atoms with Gasteiger partial charge in [0.1, 0.15) is 5.75 Å². The lowest BCUT2D eigenvalue weighted by atomic mass is 9.72. The topological polar surface area (TPSA) is 35.2 Å². The van der Waals surface area contributed by atoms with E-state index in [4.69, 9.17) is 22.1 Å². The van der Waals surface area contributed by atoms with Gasteiger partial charge < -0.3 is 10.5 Å². The molecule has 0 radical (unpaired) electrons. The Labute approximate surface area is 95.4 Å². The number of rotatable bonds is 2. The van der Waals surface area contributed by atoms with Crippen molar-refractivity contribution in [2.75, 3.05) is 7.11 Å². The second kappa shape index (κ2) is 3.69. The number of halogens is 1. The Balaban J connectivity index is 2.43. The van der Waals surface area contributed by atoms with E-state index in [0.717, 1.165) is 29.7 Å². The summed E-state index contributed by atoms with van der Waals surface area (Å²) in [6.45, 7) is 2.00. The van der Waals surface area contributed by atoms with Crippen LogP contribution in [0.2, 0.25) is 5.02 Å². The third-order valence-corrected chi connectivity index (χ3v) is 3.53.